The first-order valence-electron chi connectivity index (χ1n) is 5.60. The topological polar surface area (TPSA) is 35.2 Å². The Morgan fingerprint density at radius 3 is 2.63 bits per heavy atom. The standard InChI is InChI=1S/C14H13Br2NOS/c1-18-11-3-4-12(16)9(6-11)8-19-14-5-2-10(15)7-13(14)17/h2-7H,8,17H2,1H3. The van der Waals surface area contributed by atoms with Crippen molar-refractivity contribution in [2.45, 2.75) is 10.6 Å². The number of ether oxygens (including phenoxy) is 1. The molecular formula is C14H13Br2NOS. The van der Waals surface area contributed by atoms with Crippen molar-refractivity contribution in [3.8, 4) is 5.75 Å². The van der Waals surface area contributed by atoms with Gasteiger partial charge in [-0.05, 0) is 42.0 Å². The summed E-state index contributed by atoms with van der Waals surface area (Å²) >= 11 is 8.68. The molecule has 2 nitrogen and oxygen atoms in total. The van der Waals surface area contributed by atoms with Crippen molar-refractivity contribution in [1.29, 1.82) is 0 Å². The third-order valence-corrected chi connectivity index (χ3v) is 5.01. The van der Waals surface area contributed by atoms with Gasteiger partial charge in [0.25, 0.3) is 0 Å². The van der Waals surface area contributed by atoms with Gasteiger partial charge in [-0.25, -0.2) is 0 Å². The molecule has 0 atom stereocenters. The number of benzene rings is 2. The van der Waals surface area contributed by atoms with Gasteiger partial charge in [0.05, 0.1) is 7.11 Å². The zero-order chi connectivity index (χ0) is 13.8. The Balaban J connectivity index is 2.14. The van der Waals surface area contributed by atoms with E-state index in [2.05, 4.69) is 31.9 Å². The first-order valence-corrected chi connectivity index (χ1v) is 8.17. The fourth-order valence-corrected chi connectivity index (χ4v) is 3.49. The fourth-order valence-electron chi connectivity index (χ4n) is 1.59. The van der Waals surface area contributed by atoms with Gasteiger partial charge in [-0.1, -0.05) is 31.9 Å². The second-order valence-corrected chi connectivity index (χ2v) is 6.72. The van der Waals surface area contributed by atoms with Crippen molar-refractivity contribution in [3.05, 3.63) is 50.9 Å². The molecule has 0 aliphatic heterocycles. The Hall–Kier alpha value is -0.650. The van der Waals surface area contributed by atoms with Crippen LogP contribution in [0.1, 0.15) is 5.56 Å². The summed E-state index contributed by atoms with van der Waals surface area (Å²) in [5.74, 6) is 1.70. The Bertz CT molecular complexity index is 590. The third kappa shape index (κ3) is 3.91. The normalized spacial score (nSPS) is 10.5. The fraction of sp³-hybridized carbons (Fsp3) is 0.143. The van der Waals surface area contributed by atoms with E-state index in [1.807, 2.05) is 36.4 Å². The minimum Gasteiger partial charge on any atom is -0.497 e. The lowest BCUT2D eigenvalue weighted by atomic mass is 10.2. The Labute approximate surface area is 134 Å². The van der Waals surface area contributed by atoms with E-state index >= 15 is 0 Å². The number of nitrogen functional groups attached to an aromatic ring is 1. The van der Waals surface area contributed by atoms with Gasteiger partial charge in [0.2, 0.25) is 0 Å². The van der Waals surface area contributed by atoms with Gasteiger partial charge in [-0.2, -0.15) is 0 Å². The van der Waals surface area contributed by atoms with E-state index in [1.165, 1.54) is 5.56 Å². The van der Waals surface area contributed by atoms with Gasteiger partial charge in [-0.3, -0.25) is 0 Å². The molecule has 0 heterocycles. The molecule has 2 N–H and O–H groups in total. The van der Waals surface area contributed by atoms with E-state index in [4.69, 9.17) is 10.5 Å². The van der Waals surface area contributed by atoms with Crippen molar-refractivity contribution in [1.82, 2.24) is 0 Å². The summed E-state index contributed by atoms with van der Waals surface area (Å²) in [6.45, 7) is 0. The molecule has 0 unspecified atom stereocenters. The quantitative estimate of drug-likeness (QED) is 0.571. The molecule has 2 aromatic rings. The Morgan fingerprint density at radius 2 is 1.95 bits per heavy atom. The van der Waals surface area contributed by atoms with Crippen LogP contribution < -0.4 is 10.5 Å². The van der Waals surface area contributed by atoms with Crippen molar-refractivity contribution in [2.75, 3.05) is 12.8 Å². The summed E-state index contributed by atoms with van der Waals surface area (Å²) in [7, 11) is 1.67. The number of thioether (sulfide) groups is 1. The number of anilines is 1. The van der Waals surface area contributed by atoms with Gasteiger partial charge in [0.15, 0.2) is 0 Å². The highest BCUT2D eigenvalue weighted by atomic mass is 79.9. The molecule has 0 amide bonds. The van der Waals surface area contributed by atoms with E-state index < -0.39 is 0 Å². The van der Waals surface area contributed by atoms with E-state index in [0.717, 1.165) is 31.0 Å². The molecule has 0 fully saturated rings. The average molecular weight is 403 g/mol. The number of hydrogen-bond acceptors (Lipinski definition) is 3. The van der Waals surface area contributed by atoms with Gasteiger partial charge in [0.1, 0.15) is 5.75 Å². The third-order valence-electron chi connectivity index (χ3n) is 2.61. The summed E-state index contributed by atoms with van der Waals surface area (Å²) in [5, 5.41) is 0. The van der Waals surface area contributed by atoms with Gasteiger partial charge >= 0.3 is 0 Å². The van der Waals surface area contributed by atoms with Crippen LogP contribution in [-0.2, 0) is 5.75 Å². The zero-order valence-electron chi connectivity index (χ0n) is 10.3. The SMILES string of the molecule is COc1ccc(Br)c(CSc2ccc(Br)cc2N)c1. The second kappa shape index (κ2) is 6.68. The molecule has 0 bridgehead atoms. The Morgan fingerprint density at radius 1 is 1.16 bits per heavy atom. The van der Waals surface area contributed by atoms with Crippen LogP contribution in [0.3, 0.4) is 0 Å². The van der Waals surface area contributed by atoms with E-state index in [-0.39, 0.29) is 0 Å². The maximum absolute atomic E-state index is 5.99. The molecule has 0 aromatic heterocycles. The second-order valence-electron chi connectivity index (χ2n) is 3.93. The summed E-state index contributed by atoms with van der Waals surface area (Å²) < 4.78 is 7.32. The minimum atomic E-state index is 0.790. The number of methoxy groups -OCH3 is 1. The Kier molecular flexibility index (Phi) is 5.19. The van der Waals surface area contributed by atoms with E-state index in [9.17, 15) is 0 Å². The predicted molar refractivity (Wildman–Crippen MR) is 88.8 cm³/mol. The van der Waals surface area contributed by atoms with Gasteiger partial charge in [0, 0.05) is 25.3 Å². The highest BCUT2D eigenvalue weighted by Crippen LogP contribution is 2.33. The van der Waals surface area contributed by atoms with Crippen LogP contribution in [0.15, 0.2) is 50.2 Å². The maximum atomic E-state index is 5.99. The van der Waals surface area contributed by atoms with Crippen molar-refractivity contribution >= 4 is 49.3 Å². The largest absolute Gasteiger partial charge is 0.497 e. The molecule has 0 spiro atoms. The minimum absolute atomic E-state index is 0.790. The van der Waals surface area contributed by atoms with Crippen LogP contribution in [0.25, 0.3) is 0 Å². The summed E-state index contributed by atoms with van der Waals surface area (Å²) in [6.07, 6.45) is 0. The summed E-state index contributed by atoms with van der Waals surface area (Å²) in [5.41, 5.74) is 7.97. The first kappa shape index (κ1) is 14.8. The van der Waals surface area contributed by atoms with E-state index in [1.54, 1.807) is 18.9 Å². The van der Waals surface area contributed by atoms with Gasteiger partial charge < -0.3 is 10.5 Å². The summed E-state index contributed by atoms with van der Waals surface area (Å²) in [6, 6.07) is 11.9. The molecule has 2 aromatic carbocycles. The molecule has 0 saturated carbocycles. The lowest BCUT2D eigenvalue weighted by Gasteiger charge is -2.09. The first-order chi connectivity index (χ1) is 9.10. The highest BCUT2D eigenvalue weighted by molar-refractivity contribution is 9.10. The zero-order valence-corrected chi connectivity index (χ0v) is 14.3. The number of halogens is 2. The molecule has 0 radical (unpaired) electrons. The van der Waals surface area contributed by atoms with Crippen LogP contribution in [0, 0.1) is 0 Å². The molecule has 2 rings (SSSR count). The molecule has 0 saturated heterocycles. The van der Waals surface area contributed by atoms with Crippen LogP contribution in [0.4, 0.5) is 5.69 Å². The average Bonchev–Trinajstić information content (AvgIpc) is 2.39. The van der Waals surface area contributed by atoms with Crippen molar-refractivity contribution in [3.63, 3.8) is 0 Å². The molecule has 19 heavy (non-hydrogen) atoms. The summed E-state index contributed by atoms with van der Waals surface area (Å²) in [4.78, 5) is 1.08. The van der Waals surface area contributed by atoms with Crippen molar-refractivity contribution < 1.29 is 4.74 Å². The van der Waals surface area contributed by atoms with E-state index in [0.29, 0.717) is 0 Å². The predicted octanol–water partition coefficient (Wildman–Crippen LogP) is 5.09. The molecule has 100 valence electrons. The smallest absolute Gasteiger partial charge is 0.119 e. The lowest BCUT2D eigenvalue weighted by molar-refractivity contribution is 0.414. The van der Waals surface area contributed by atoms with Crippen LogP contribution in [0.2, 0.25) is 0 Å². The monoisotopic (exact) mass is 401 g/mol. The van der Waals surface area contributed by atoms with Gasteiger partial charge in [-0.15, -0.1) is 11.8 Å². The van der Waals surface area contributed by atoms with Crippen LogP contribution in [-0.4, -0.2) is 7.11 Å². The molecule has 0 aliphatic rings. The number of hydrogen-bond donors (Lipinski definition) is 1. The molecule has 0 aliphatic carbocycles. The number of nitrogens with two attached hydrogens (primary N) is 1. The maximum Gasteiger partial charge on any atom is 0.119 e. The lowest BCUT2D eigenvalue weighted by Crippen LogP contribution is -1.90. The molecular weight excluding hydrogens is 390 g/mol. The molecule has 5 heteroatoms. The van der Waals surface area contributed by atoms with Crippen LogP contribution >= 0.6 is 43.6 Å². The number of rotatable bonds is 4. The van der Waals surface area contributed by atoms with Crippen LogP contribution in [0.5, 0.6) is 5.75 Å². The van der Waals surface area contributed by atoms with Crippen molar-refractivity contribution in [2.24, 2.45) is 0 Å². The highest BCUT2D eigenvalue weighted by Gasteiger charge is 2.05.